The molecular formula is C23H24FN5O2. The largest absolute Gasteiger partial charge is 0.463 e. The van der Waals surface area contributed by atoms with Crippen LogP contribution in [0.4, 0.5) is 10.2 Å². The van der Waals surface area contributed by atoms with E-state index >= 15 is 0 Å². The Hall–Kier alpha value is -3.26. The molecule has 31 heavy (non-hydrogen) atoms. The maximum atomic E-state index is 13.3. The van der Waals surface area contributed by atoms with Gasteiger partial charge in [-0.3, -0.25) is 4.90 Å². The number of nitrogens with zero attached hydrogens (tertiary/aromatic N) is 4. The molecule has 0 spiro atoms. The Balaban J connectivity index is 1.31. The molecule has 0 radical (unpaired) electrons. The zero-order valence-corrected chi connectivity index (χ0v) is 17.2. The number of likely N-dealkylation sites (tertiary alicyclic amines) is 1. The lowest BCUT2D eigenvalue weighted by Crippen LogP contribution is -2.23. The topological polar surface area (TPSA) is 80.2 Å². The Bertz CT molecular complexity index is 1150. The maximum absolute atomic E-state index is 13.3. The fourth-order valence-electron chi connectivity index (χ4n) is 4.01. The van der Waals surface area contributed by atoms with Crippen LogP contribution in [0.2, 0.25) is 0 Å². The highest BCUT2D eigenvalue weighted by molar-refractivity contribution is 5.97. The van der Waals surface area contributed by atoms with Crippen molar-refractivity contribution in [1.29, 1.82) is 0 Å². The van der Waals surface area contributed by atoms with Gasteiger partial charge < -0.3 is 14.3 Å². The molecule has 0 aliphatic carbocycles. The van der Waals surface area contributed by atoms with Gasteiger partial charge in [-0.1, -0.05) is 18.0 Å². The number of furan rings is 1. The quantitative estimate of drug-likeness (QED) is 0.469. The third-order valence-electron chi connectivity index (χ3n) is 5.62. The predicted octanol–water partition coefficient (Wildman–Crippen LogP) is 5.01. The van der Waals surface area contributed by atoms with Crippen LogP contribution in [-0.4, -0.2) is 33.1 Å². The van der Waals surface area contributed by atoms with Gasteiger partial charge in [0.25, 0.3) is 5.71 Å². The minimum atomic E-state index is -0.306. The Labute approximate surface area is 179 Å². The summed E-state index contributed by atoms with van der Waals surface area (Å²) in [5.41, 5.74) is 1.67. The van der Waals surface area contributed by atoms with Gasteiger partial charge >= 0.3 is 0 Å². The van der Waals surface area contributed by atoms with Crippen LogP contribution in [0.5, 0.6) is 0 Å². The highest BCUT2D eigenvalue weighted by atomic mass is 19.1. The molecule has 1 fully saturated rings. The van der Waals surface area contributed by atoms with Crippen LogP contribution < -0.4 is 5.32 Å². The predicted molar refractivity (Wildman–Crippen MR) is 115 cm³/mol. The lowest BCUT2D eigenvalue weighted by atomic mass is 10.1. The van der Waals surface area contributed by atoms with Crippen LogP contribution in [0.15, 0.2) is 51.7 Å². The minimum absolute atomic E-state index is 0.306. The molecule has 1 saturated heterocycles. The summed E-state index contributed by atoms with van der Waals surface area (Å²) in [5, 5.41) is 8.08. The first-order valence-corrected chi connectivity index (χ1v) is 10.7. The molecule has 160 valence electrons. The molecule has 1 aliphatic rings. The smallest absolute Gasteiger partial charge is 0.263 e. The molecule has 7 nitrogen and oxygen atoms in total. The van der Waals surface area contributed by atoms with E-state index in [0.29, 0.717) is 29.2 Å². The molecule has 4 heterocycles. The summed E-state index contributed by atoms with van der Waals surface area (Å²) >= 11 is 0. The molecule has 0 bridgehead atoms. The number of nitrogens with one attached hydrogen (secondary N) is 1. The van der Waals surface area contributed by atoms with Crippen molar-refractivity contribution < 1.29 is 13.3 Å². The number of rotatable bonds is 6. The van der Waals surface area contributed by atoms with Crippen LogP contribution in [0, 0.1) is 5.82 Å². The second-order valence-corrected chi connectivity index (χ2v) is 7.85. The van der Waals surface area contributed by atoms with Gasteiger partial charge in [-0.05, 0) is 62.3 Å². The number of halogens is 1. The van der Waals surface area contributed by atoms with Crippen molar-refractivity contribution in [1.82, 2.24) is 20.0 Å². The summed E-state index contributed by atoms with van der Waals surface area (Å²) in [6, 6.07) is 10.1. The van der Waals surface area contributed by atoms with Crippen LogP contribution >= 0.6 is 0 Å². The monoisotopic (exact) mass is 421 g/mol. The average Bonchev–Trinajstić information content (AvgIpc) is 3.34. The Morgan fingerprint density at radius 3 is 2.52 bits per heavy atom. The van der Waals surface area contributed by atoms with Gasteiger partial charge in [-0.25, -0.2) is 9.37 Å². The van der Waals surface area contributed by atoms with Crippen molar-refractivity contribution >= 4 is 16.9 Å². The molecule has 0 atom stereocenters. The van der Waals surface area contributed by atoms with Crippen LogP contribution in [0.3, 0.4) is 0 Å². The fourth-order valence-corrected chi connectivity index (χ4v) is 4.01. The van der Waals surface area contributed by atoms with Crippen LogP contribution in [-0.2, 0) is 13.1 Å². The Morgan fingerprint density at radius 2 is 1.71 bits per heavy atom. The van der Waals surface area contributed by atoms with E-state index in [9.17, 15) is 4.39 Å². The molecule has 5 rings (SSSR count). The summed E-state index contributed by atoms with van der Waals surface area (Å²) in [7, 11) is 0. The summed E-state index contributed by atoms with van der Waals surface area (Å²) in [6.45, 7) is 3.58. The Kier molecular flexibility index (Phi) is 5.62. The Morgan fingerprint density at radius 1 is 0.935 bits per heavy atom. The summed E-state index contributed by atoms with van der Waals surface area (Å²) in [5.74, 6) is 2.09. The molecule has 1 N–H and O–H groups in total. The normalized spacial score (nSPS) is 15.3. The molecule has 0 saturated carbocycles. The van der Waals surface area contributed by atoms with Gasteiger partial charge in [0.2, 0.25) is 0 Å². The first-order chi connectivity index (χ1) is 15.3. The van der Waals surface area contributed by atoms with Gasteiger partial charge in [0.1, 0.15) is 40.6 Å². The number of fused-ring (bicyclic) bond motifs is 1. The molecule has 1 aliphatic heterocycles. The molecule has 8 heteroatoms. The van der Waals surface area contributed by atoms with Gasteiger partial charge in [-0.2, -0.15) is 4.98 Å². The van der Waals surface area contributed by atoms with E-state index in [1.54, 1.807) is 12.1 Å². The highest BCUT2D eigenvalue weighted by Crippen LogP contribution is 2.31. The summed E-state index contributed by atoms with van der Waals surface area (Å²) in [6.07, 6.45) is 6.58. The van der Waals surface area contributed by atoms with E-state index in [-0.39, 0.29) is 5.82 Å². The number of hydrogen-bond acceptors (Lipinski definition) is 7. The van der Waals surface area contributed by atoms with Crippen molar-refractivity contribution in [2.45, 2.75) is 38.8 Å². The van der Waals surface area contributed by atoms with E-state index in [4.69, 9.17) is 8.94 Å². The van der Waals surface area contributed by atoms with Crippen molar-refractivity contribution in [2.75, 3.05) is 18.4 Å². The summed E-state index contributed by atoms with van der Waals surface area (Å²) in [4.78, 5) is 11.0. The number of hydrogen-bond donors (Lipinski definition) is 1. The number of anilines is 1. The zero-order valence-electron chi connectivity index (χ0n) is 17.2. The van der Waals surface area contributed by atoms with Gasteiger partial charge in [-0.15, -0.1) is 0 Å². The van der Waals surface area contributed by atoms with Crippen LogP contribution in [0.25, 0.3) is 22.4 Å². The van der Waals surface area contributed by atoms with E-state index in [1.807, 2.05) is 12.1 Å². The SMILES string of the molecule is Fc1ccc(-c2noc3ncnc(NCc4ccc(CN5CCCCCC5)o4)c23)cc1. The van der Waals surface area contributed by atoms with E-state index < -0.39 is 0 Å². The molecule has 0 amide bonds. The third kappa shape index (κ3) is 4.44. The molecule has 0 unspecified atom stereocenters. The molecule has 3 aromatic heterocycles. The van der Waals surface area contributed by atoms with E-state index in [1.165, 1.54) is 44.1 Å². The molecular weight excluding hydrogens is 397 g/mol. The van der Waals surface area contributed by atoms with Crippen molar-refractivity contribution in [3.63, 3.8) is 0 Å². The second-order valence-electron chi connectivity index (χ2n) is 7.85. The van der Waals surface area contributed by atoms with Crippen LogP contribution in [0.1, 0.15) is 37.2 Å². The standard InChI is InChI=1S/C23H24FN5O2/c24-17-7-5-16(6-8-17)21-20-22(26-15-27-23(20)31-28-21)25-13-18-9-10-19(30-18)14-29-11-3-1-2-4-12-29/h5-10,15H,1-4,11-14H2,(H,25,26,27). The average molecular weight is 421 g/mol. The van der Waals surface area contributed by atoms with Gasteiger partial charge in [0.15, 0.2) is 0 Å². The lowest BCUT2D eigenvalue weighted by Gasteiger charge is -2.17. The van der Waals surface area contributed by atoms with Crippen molar-refractivity contribution in [3.8, 4) is 11.3 Å². The third-order valence-corrected chi connectivity index (χ3v) is 5.62. The van der Waals surface area contributed by atoms with Gasteiger partial charge in [0, 0.05) is 5.56 Å². The first kappa shape index (κ1) is 19.7. The molecule has 1 aromatic carbocycles. The zero-order chi connectivity index (χ0) is 21.0. The van der Waals surface area contributed by atoms with Crippen molar-refractivity contribution in [2.24, 2.45) is 0 Å². The highest BCUT2D eigenvalue weighted by Gasteiger charge is 2.17. The van der Waals surface area contributed by atoms with E-state index in [0.717, 1.165) is 36.7 Å². The number of aromatic nitrogens is 3. The first-order valence-electron chi connectivity index (χ1n) is 10.7. The lowest BCUT2D eigenvalue weighted by molar-refractivity contribution is 0.251. The maximum Gasteiger partial charge on any atom is 0.263 e. The second kappa shape index (κ2) is 8.85. The number of benzene rings is 1. The molecule has 4 aromatic rings. The summed E-state index contributed by atoms with van der Waals surface area (Å²) < 4.78 is 24.7. The minimum Gasteiger partial charge on any atom is -0.463 e. The van der Waals surface area contributed by atoms with Gasteiger partial charge in [0.05, 0.1) is 13.1 Å². The van der Waals surface area contributed by atoms with E-state index in [2.05, 4.69) is 25.3 Å². The fraction of sp³-hybridized carbons (Fsp3) is 0.348. The van der Waals surface area contributed by atoms with Crippen molar-refractivity contribution in [3.05, 3.63) is 60.1 Å².